The van der Waals surface area contributed by atoms with Crippen LogP contribution in [0.3, 0.4) is 0 Å². The summed E-state index contributed by atoms with van der Waals surface area (Å²) in [6, 6.07) is 0.0214. The van der Waals surface area contributed by atoms with Gasteiger partial charge in [0.15, 0.2) is 0 Å². The fourth-order valence-corrected chi connectivity index (χ4v) is 4.55. The van der Waals surface area contributed by atoms with Crippen molar-refractivity contribution in [3.63, 3.8) is 0 Å². The first-order chi connectivity index (χ1) is 13.8. The van der Waals surface area contributed by atoms with Crippen LogP contribution in [-0.4, -0.2) is 35.1 Å². The van der Waals surface area contributed by atoms with Crippen LogP contribution < -0.4 is 0 Å². The summed E-state index contributed by atoms with van der Waals surface area (Å²) in [4.78, 5) is 14.4. The van der Waals surface area contributed by atoms with Gasteiger partial charge in [0.05, 0.1) is 12.6 Å². The van der Waals surface area contributed by atoms with Crippen LogP contribution in [0.1, 0.15) is 112 Å². The summed E-state index contributed by atoms with van der Waals surface area (Å²) < 4.78 is 0. The minimum Gasteiger partial charge on any atom is -0.394 e. The van der Waals surface area contributed by atoms with E-state index in [0.717, 1.165) is 50.0 Å². The lowest BCUT2D eigenvalue weighted by atomic mass is 9.91. The number of piperidine rings is 1. The van der Waals surface area contributed by atoms with Gasteiger partial charge in [-0.15, -0.1) is 0 Å². The highest BCUT2D eigenvalue weighted by Gasteiger charge is 2.24. The molecular formula is C26H49NO2. The lowest BCUT2D eigenvalue weighted by Crippen LogP contribution is -2.45. The van der Waals surface area contributed by atoms with Gasteiger partial charge in [-0.05, 0) is 56.8 Å². The number of amides is 1. The molecule has 0 aromatic carbocycles. The van der Waals surface area contributed by atoms with E-state index >= 15 is 0 Å². The molecule has 1 amide bonds. The molecule has 0 aromatic rings. The third-order valence-electron chi connectivity index (χ3n) is 6.63. The van der Waals surface area contributed by atoms with Crippen LogP contribution in [0, 0.1) is 17.8 Å². The van der Waals surface area contributed by atoms with Gasteiger partial charge in [0.25, 0.3) is 0 Å². The van der Waals surface area contributed by atoms with E-state index in [1.807, 2.05) is 11.0 Å². The van der Waals surface area contributed by atoms with Gasteiger partial charge in [-0.3, -0.25) is 4.79 Å². The van der Waals surface area contributed by atoms with Crippen LogP contribution in [0.15, 0.2) is 11.6 Å². The third kappa shape index (κ3) is 11.8. The maximum Gasteiger partial charge on any atom is 0.246 e. The molecule has 29 heavy (non-hydrogen) atoms. The topological polar surface area (TPSA) is 40.5 Å². The molecule has 1 aliphatic heterocycles. The Kier molecular flexibility index (Phi) is 13.6. The highest BCUT2D eigenvalue weighted by atomic mass is 16.3. The zero-order valence-electron chi connectivity index (χ0n) is 20.1. The molecule has 0 aliphatic carbocycles. The maximum atomic E-state index is 12.5. The first-order valence-corrected chi connectivity index (χ1v) is 12.4. The summed E-state index contributed by atoms with van der Waals surface area (Å²) in [5.74, 6) is 2.59. The number of carbonyl (C=O) groups excluding carboxylic acids is 1. The van der Waals surface area contributed by atoms with Crippen molar-refractivity contribution in [1.82, 2.24) is 4.90 Å². The molecule has 3 atom stereocenters. The van der Waals surface area contributed by atoms with E-state index in [1.54, 1.807) is 0 Å². The van der Waals surface area contributed by atoms with Crippen LogP contribution >= 0.6 is 0 Å². The van der Waals surface area contributed by atoms with E-state index in [9.17, 15) is 9.90 Å². The van der Waals surface area contributed by atoms with E-state index in [1.165, 1.54) is 56.9 Å². The molecule has 3 unspecified atom stereocenters. The van der Waals surface area contributed by atoms with Crippen molar-refractivity contribution in [2.24, 2.45) is 17.8 Å². The molecule has 0 saturated carbocycles. The van der Waals surface area contributed by atoms with Crippen molar-refractivity contribution in [3.05, 3.63) is 11.6 Å². The summed E-state index contributed by atoms with van der Waals surface area (Å²) in [6.07, 6.45) is 16.6. The molecule has 1 saturated heterocycles. The fourth-order valence-electron chi connectivity index (χ4n) is 4.55. The lowest BCUT2D eigenvalue weighted by molar-refractivity contribution is -0.130. The zero-order valence-corrected chi connectivity index (χ0v) is 20.1. The Balaban J connectivity index is 2.18. The van der Waals surface area contributed by atoms with Gasteiger partial charge in [-0.2, -0.15) is 0 Å². The van der Waals surface area contributed by atoms with Gasteiger partial charge >= 0.3 is 0 Å². The Morgan fingerprint density at radius 2 is 1.55 bits per heavy atom. The van der Waals surface area contributed by atoms with E-state index < -0.39 is 0 Å². The monoisotopic (exact) mass is 407 g/mol. The number of nitrogens with zero attached hydrogens (tertiary/aromatic N) is 1. The molecule has 1 aliphatic rings. The number of aliphatic hydroxyl groups excluding tert-OH is 1. The second-order valence-corrected chi connectivity index (χ2v) is 10.2. The quantitative estimate of drug-likeness (QED) is 0.324. The lowest BCUT2D eigenvalue weighted by Gasteiger charge is -2.34. The fraction of sp³-hybridized carbons (Fsp3) is 0.885. The smallest absolute Gasteiger partial charge is 0.246 e. The standard InChI is InChI=1S/C26H49NO2/c1-21(2)11-8-12-22(3)13-9-14-23(4)15-10-16-24(5)19-26(29)27-18-7-6-17-25(27)20-28/h19,21-23,25,28H,6-18,20H2,1-5H3/b24-19+. The first kappa shape index (κ1) is 26.2. The van der Waals surface area contributed by atoms with E-state index in [4.69, 9.17) is 0 Å². The van der Waals surface area contributed by atoms with Crippen molar-refractivity contribution in [2.45, 2.75) is 118 Å². The minimum absolute atomic E-state index is 0.0214. The van der Waals surface area contributed by atoms with Crippen molar-refractivity contribution >= 4 is 5.91 Å². The minimum atomic E-state index is 0.0214. The Labute approximate surface area is 181 Å². The molecule has 170 valence electrons. The molecule has 1 heterocycles. The number of allylic oxidation sites excluding steroid dienone is 1. The summed E-state index contributed by atoms with van der Waals surface area (Å²) in [6.45, 7) is 12.4. The van der Waals surface area contributed by atoms with Gasteiger partial charge < -0.3 is 10.0 Å². The van der Waals surface area contributed by atoms with Crippen molar-refractivity contribution in [3.8, 4) is 0 Å². The van der Waals surface area contributed by atoms with Gasteiger partial charge in [0.2, 0.25) is 5.91 Å². The number of carbonyl (C=O) groups is 1. The second-order valence-electron chi connectivity index (χ2n) is 10.2. The predicted molar refractivity (Wildman–Crippen MR) is 125 cm³/mol. The number of likely N-dealkylation sites (tertiary alicyclic amines) is 1. The second kappa shape index (κ2) is 15.0. The number of hydrogen-bond acceptors (Lipinski definition) is 2. The van der Waals surface area contributed by atoms with E-state index in [2.05, 4.69) is 34.6 Å². The van der Waals surface area contributed by atoms with Gasteiger partial charge in [0.1, 0.15) is 0 Å². The van der Waals surface area contributed by atoms with Crippen molar-refractivity contribution < 1.29 is 9.90 Å². The zero-order chi connectivity index (χ0) is 21.6. The van der Waals surface area contributed by atoms with Gasteiger partial charge in [-0.25, -0.2) is 0 Å². The van der Waals surface area contributed by atoms with Crippen LogP contribution in [0.5, 0.6) is 0 Å². The van der Waals surface area contributed by atoms with Gasteiger partial charge in [-0.1, -0.05) is 78.2 Å². The summed E-state index contributed by atoms with van der Waals surface area (Å²) in [7, 11) is 0. The predicted octanol–water partition coefficient (Wildman–Crippen LogP) is 6.75. The molecule has 0 aromatic heterocycles. The average molecular weight is 408 g/mol. The molecule has 1 fully saturated rings. The molecule has 0 bridgehead atoms. The van der Waals surface area contributed by atoms with Crippen LogP contribution in [0.2, 0.25) is 0 Å². The summed E-state index contributed by atoms with van der Waals surface area (Å²) in [5.41, 5.74) is 1.18. The third-order valence-corrected chi connectivity index (χ3v) is 6.63. The Morgan fingerprint density at radius 1 is 0.966 bits per heavy atom. The van der Waals surface area contributed by atoms with E-state index in [-0.39, 0.29) is 18.6 Å². The Morgan fingerprint density at radius 3 is 2.14 bits per heavy atom. The van der Waals surface area contributed by atoms with Crippen molar-refractivity contribution in [1.29, 1.82) is 0 Å². The van der Waals surface area contributed by atoms with E-state index in [0.29, 0.717) is 0 Å². The van der Waals surface area contributed by atoms with Crippen LogP contribution in [-0.2, 0) is 4.79 Å². The average Bonchev–Trinajstić information content (AvgIpc) is 2.67. The highest BCUT2D eigenvalue weighted by molar-refractivity contribution is 5.88. The highest BCUT2D eigenvalue weighted by Crippen LogP contribution is 2.22. The summed E-state index contributed by atoms with van der Waals surface area (Å²) >= 11 is 0. The largest absolute Gasteiger partial charge is 0.394 e. The molecular weight excluding hydrogens is 358 g/mol. The normalized spacial score (nSPS) is 20.2. The SMILES string of the molecule is C/C(=C\C(=O)N1CCCCC1CO)CCCC(C)CCCC(C)CCCC(C)C. The van der Waals surface area contributed by atoms with Crippen LogP contribution in [0.4, 0.5) is 0 Å². The number of hydrogen-bond donors (Lipinski definition) is 1. The molecule has 1 rings (SSSR count). The van der Waals surface area contributed by atoms with Crippen LogP contribution in [0.25, 0.3) is 0 Å². The van der Waals surface area contributed by atoms with Crippen molar-refractivity contribution in [2.75, 3.05) is 13.2 Å². The molecule has 3 nitrogen and oxygen atoms in total. The molecule has 0 spiro atoms. The Hall–Kier alpha value is -0.830. The maximum absolute atomic E-state index is 12.5. The molecule has 0 radical (unpaired) electrons. The number of aliphatic hydroxyl groups is 1. The molecule has 3 heteroatoms. The Bertz CT molecular complexity index is 471. The molecule has 1 N–H and O–H groups in total. The summed E-state index contributed by atoms with van der Waals surface area (Å²) in [5, 5.41) is 9.50. The first-order valence-electron chi connectivity index (χ1n) is 12.4. The number of rotatable bonds is 14. The van der Waals surface area contributed by atoms with Gasteiger partial charge in [0, 0.05) is 12.6 Å².